The summed E-state index contributed by atoms with van der Waals surface area (Å²) in [6.07, 6.45) is 0.874. The van der Waals surface area contributed by atoms with E-state index >= 15 is 0 Å². The average Bonchev–Trinajstić information content (AvgIpc) is 3.00. The molecule has 5 aromatic rings. The van der Waals surface area contributed by atoms with Crippen LogP contribution >= 0.6 is 0 Å². The summed E-state index contributed by atoms with van der Waals surface area (Å²) in [4.78, 5) is 0. The smallest absolute Gasteiger partial charge is 0.139 e. The molecule has 0 aliphatic rings. The third-order valence-corrected chi connectivity index (χ3v) is 4.96. The van der Waals surface area contributed by atoms with E-state index in [1.165, 1.54) is 38.2 Å². The Balaban J connectivity index is 1.86. The van der Waals surface area contributed by atoms with E-state index in [-0.39, 0.29) is 0 Å². The fourth-order valence-electron chi connectivity index (χ4n) is 3.81. The Labute approximate surface area is 146 Å². The van der Waals surface area contributed by atoms with Crippen molar-refractivity contribution in [3.63, 3.8) is 0 Å². The van der Waals surface area contributed by atoms with Crippen molar-refractivity contribution >= 4 is 32.7 Å². The molecule has 1 heterocycles. The van der Waals surface area contributed by atoms with Gasteiger partial charge in [0.2, 0.25) is 0 Å². The lowest BCUT2D eigenvalue weighted by Gasteiger charge is -2.09. The number of para-hydroxylation sites is 1. The van der Waals surface area contributed by atoms with E-state index < -0.39 is 0 Å². The standard InChI is InChI=1S/C24H18O/c1-16-7-6-8-17(13-16)14-21-19-10-3-2-9-18(19)15-22-20-11-4-5-12-23(20)25-24(21)22/h2-13,15H,14H2,1H3. The Morgan fingerprint density at radius 3 is 2.40 bits per heavy atom. The van der Waals surface area contributed by atoms with E-state index in [9.17, 15) is 0 Å². The fourth-order valence-corrected chi connectivity index (χ4v) is 3.81. The van der Waals surface area contributed by atoms with Crippen LogP contribution in [0.15, 0.2) is 83.3 Å². The Morgan fingerprint density at radius 1 is 0.720 bits per heavy atom. The van der Waals surface area contributed by atoms with E-state index in [0.717, 1.165) is 17.6 Å². The van der Waals surface area contributed by atoms with Crippen molar-refractivity contribution in [2.45, 2.75) is 13.3 Å². The molecular weight excluding hydrogens is 304 g/mol. The Kier molecular flexibility index (Phi) is 3.14. The van der Waals surface area contributed by atoms with Crippen molar-refractivity contribution in [3.8, 4) is 0 Å². The SMILES string of the molecule is Cc1cccc(Cc2c3ccccc3cc3c2oc2ccccc23)c1. The molecule has 0 fully saturated rings. The molecule has 120 valence electrons. The van der Waals surface area contributed by atoms with Gasteiger partial charge in [0.15, 0.2) is 0 Å². The van der Waals surface area contributed by atoms with E-state index in [4.69, 9.17) is 4.42 Å². The van der Waals surface area contributed by atoms with Gasteiger partial charge in [-0.05, 0) is 35.4 Å². The molecule has 4 aromatic carbocycles. The van der Waals surface area contributed by atoms with Crippen molar-refractivity contribution < 1.29 is 4.42 Å². The van der Waals surface area contributed by atoms with Gasteiger partial charge in [-0.1, -0.05) is 72.3 Å². The summed E-state index contributed by atoms with van der Waals surface area (Å²) in [7, 11) is 0. The minimum absolute atomic E-state index is 0.874. The number of hydrogen-bond acceptors (Lipinski definition) is 1. The normalized spacial score (nSPS) is 11.6. The third-order valence-electron chi connectivity index (χ3n) is 4.96. The van der Waals surface area contributed by atoms with Crippen molar-refractivity contribution in [2.24, 2.45) is 0 Å². The molecule has 0 bridgehead atoms. The zero-order chi connectivity index (χ0) is 16.8. The minimum Gasteiger partial charge on any atom is -0.456 e. The summed E-state index contributed by atoms with van der Waals surface area (Å²) in [6.45, 7) is 2.14. The van der Waals surface area contributed by atoms with Crippen molar-refractivity contribution in [3.05, 3.63) is 95.6 Å². The highest BCUT2D eigenvalue weighted by Crippen LogP contribution is 2.36. The molecule has 0 unspecified atom stereocenters. The molecule has 0 radical (unpaired) electrons. The van der Waals surface area contributed by atoms with Crippen LogP contribution in [0.5, 0.6) is 0 Å². The predicted octanol–water partition coefficient (Wildman–Crippen LogP) is 6.64. The molecule has 1 nitrogen and oxygen atoms in total. The lowest BCUT2D eigenvalue weighted by Crippen LogP contribution is -1.92. The average molecular weight is 322 g/mol. The molecule has 0 aliphatic heterocycles. The summed E-state index contributed by atoms with van der Waals surface area (Å²) >= 11 is 0. The minimum atomic E-state index is 0.874. The van der Waals surface area contributed by atoms with Crippen LogP contribution < -0.4 is 0 Å². The van der Waals surface area contributed by atoms with Gasteiger partial charge in [-0.3, -0.25) is 0 Å². The van der Waals surface area contributed by atoms with Crippen molar-refractivity contribution in [1.82, 2.24) is 0 Å². The quantitative estimate of drug-likeness (QED) is 0.355. The van der Waals surface area contributed by atoms with Crippen LogP contribution in [0.3, 0.4) is 0 Å². The van der Waals surface area contributed by atoms with Gasteiger partial charge >= 0.3 is 0 Å². The summed E-state index contributed by atoms with van der Waals surface area (Å²) in [5.41, 5.74) is 5.85. The van der Waals surface area contributed by atoms with Crippen LogP contribution in [-0.2, 0) is 6.42 Å². The van der Waals surface area contributed by atoms with E-state index in [1.807, 2.05) is 6.07 Å². The first-order valence-electron chi connectivity index (χ1n) is 8.67. The monoisotopic (exact) mass is 322 g/mol. The summed E-state index contributed by atoms with van der Waals surface area (Å²) < 4.78 is 6.29. The van der Waals surface area contributed by atoms with E-state index in [2.05, 4.69) is 79.7 Å². The van der Waals surface area contributed by atoms with Crippen LogP contribution in [0.1, 0.15) is 16.7 Å². The predicted molar refractivity (Wildman–Crippen MR) is 105 cm³/mol. The molecule has 5 rings (SSSR count). The molecule has 0 amide bonds. The van der Waals surface area contributed by atoms with Crippen LogP contribution in [0.4, 0.5) is 0 Å². The number of aryl methyl sites for hydroxylation is 1. The highest BCUT2D eigenvalue weighted by molar-refractivity contribution is 6.12. The second kappa shape index (κ2) is 5.49. The van der Waals surface area contributed by atoms with Crippen molar-refractivity contribution in [2.75, 3.05) is 0 Å². The van der Waals surface area contributed by atoms with Crippen LogP contribution in [0.2, 0.25) is 0 Å². The third kappa shape index (κ3) is 2.32. The van der Waals surface area contributed by atoms with Gasteiger partial charge in [-0.25, -0.2) is 0 Å². The molecule has 0 atom stereocenters. The van der Waals surface area contributed by atoms with Gasteiger partial charge in [0.25, 0.3) is 0 Å². The van der Waals surface area contributed by atoms with Crippen molar-refractivity contribution in [1.29, 1.82) is 0 Å². The highest BCUT2D eigenvalue weighted by atomic mass is 16.3. The maximum atomic E-state index is 6.29. The second-order valence-electron chi connectivity index (χ2n) is 6.72. The molecule has 0 saturated heterocycles. The lowest BCUT2D eigenvalue weighted by molar-refractivity contribution is 0.665. The topological polar surface area (TPSA) is 13.1 Å². The van der Waals surface area contributed by atoms with Crippen LogP contribution in [-0.4, -0.2) is 0 Å². The molecule has 25 heavy (non-hydrogen) atoms. The molecule has 0 spiro atoms. The van der Waals surface area contributed by atoms with Gasteiger partial charge in [-0.15, -0.1) is 0 Å². The first kappa shape index (κ1) is 14.3. The second-order valence-corrected chi connectivity index (χ2v) is 6.72. The zero-order valence-electron chi connectivity index (χ0n) is 14.1. The van der Waals surface area contributed by atoms with Gasteiger partial charge in [0.05, 0.1) is 0 Å². The van der Waals surface area contributed by atoms with Crippen LogP contribution in [0, 0.1) is 6.92 Å². The Bertz CT molecular complexity index is 1230. The molecule has 1 heteroatoms. The Morgan fingerprint density at radius 2 is 1.52 bits per heavy atom. The maximum Gasteiger partial charge on any atom is 0.139 e. The van der Waals surface area contributed by atoms with Crippen LogP contribution in [0.25, 0.3) is 32.7 Å². The van der Waals surface area contributed by atoms with E-state index in [1.54, 1.807) is 0 Å². The zero-order valence-corrected chi connectivity index (χ0v) is 14.1. The van der Waals surface area contributed by atoms with Gasteiger partial charge in [0.1, 0.15) is 11.2 Å². The highest BCUT2D eigenvalue weighted by Gasteiger charge is 2.14. The fraction of sp³-hybridized carbons (Fsp3) is 0.0833. The number of benzene rings is 4. The summed E-state index contributed by atoms with van der Waals surface area (Å²) in [5.74, 6) is 0. The maximum absolute atomic E-state index is 6.29. The molecular formula is C24H18O. The molecule has 0 saturated carbocycles. The first-order chi connectivity index (χ1) is 12.3. The number of fused-ring (bicyclic) bond motifs is 4. The number of rotatable bonds is 2. The summed E-state index contributed by atoms with van der Waals surface area (Å²) in [6, 6.07) is 27.9. The number of hydrogen-bond donors (Lipinski definition) is 0. The first-order valence-corrected chi connectivity index (χ1v) is 8.67. The number of furan rings is 1. The largest absolute Gasteiger partial charge is 0.456 e. The molecule has 0 N–H and O–H groups in total. The summed E-state index contributed by atoms with van der Waals surface area (Å²) in [5, 5.41) is 4.94. The lowest BCUT2D eigenvalue weighted by atomic mass is 9.95. The Hall–Kier alpha value is -3.06. The van der Waals surface area contributed by atoms with Gasteiger partial charge in [0, 0.05) is 22.8 Å². The van der Waals surface area contributed by atoms with Gasteiger partial charge < -0.3 is 4.42 Å². The molecule has 0 aliphatic carbocycles. The van der Waals surface area contributed by atoms with E-state index in [0.29, 0.717) is 0 Å². The molecule has 1 aromatic heterocycles. The van der Waals surface area contributed by atoms with Gasteiger partial charge in [-0.2, -0.15) is 0 Å².